The molecule has 0 fully saturated rings. The van der Waals surface area contributed by atoms with Crippen molar-refractivity contribution in [2.75, 3.05) is 0 Å². The second-order valence-corrected chi connectivity index (χ2v) is 7.43. The van der Waals surface area contributed by atoms with Gasteiger partial charge in [-0.2, -0.15) is 5.10 Å². The van der Waals surface area contributed by atoms with E-state index < -0.39 is 0 Å². The lowest BCUT2D eigenvalue weighted by atomic mass is 10.1. The average molecular weight is 396 g/mol. The fourth-order valence-corrected chi connectivity index (χ4v) is 4.02. The van der Waals surface area contributed by atoms with Crippen LogP contribution < -0.4 is 0 Å². The number of aromatic nitrogens is 3. The third kappa shape index (κ3) is 3.70. The van der Waals surface area contributed by atoms with E-state index in [1.165, 1.54) is 11.1 Å². The number of hydrogen-bond acceptors (Lipinski definition) is 3. The summed E-state index contributed by atoms with van der Waals surface area (Å²) in [4.78, 5) is 0. The lowest BCUT2D eigenvalue weighted by Crippen LogP contribution is -2.01. The van der Waals surface area contributed by atoms with E-state index in [1.54, 1.807) is 17.8 Å². The molecule has 0 radical (unpaired) electrons. The maximum absolute atomic E-state index is 6.33. The molecule has 0 saturated carbocycles. The maximum atomic E-state index is 6.33. The number of rotatable bonds is 5. The average Bonchev–Trinajstić information content (AvgIpc) is 2.93. The van der Waals surface area contributed by atoms with Gasteiger partial charge in [0.1, 0.15) is 5.82 Å². The number of benzene rings is 2. The number of aryl methyl sites for hydroxylation is 1. The van der Waals surface area contributed by atoms with E-state index >= 15 is 0 Å². The van der Waals surface area contributed by atoms with Crippen molar-refractivity contribution >= 4 is 47.2 Å². The monoisotopic (exact) mass is 395 g/mol. The van der Waals surface area contributed by atoms with Gasteiger partial charge in [0, 0.05) is 5.75 Å². The molecule has 3 nitrogen and oxygen atoms in total. The van der Waals surface area contributed by atoms with Gasteiger partial charge in [-0.15, -0.1) is 11.8 Å². The van der Waals surface area contributed by atoms with Gasteiger partial charge in [0.2, 0.25) is 0 Å². The lowest BCUT2D eigenvalue weighted by Gasteiger charge is -2.10. The maximum Gasteiger partial charge on any atom is 0.199 e. The van der Waals surface area contributed by atoms with Crippen molar-refractivity contribution in [2.24, 2.45) is 0 Å². The number of thioether (sulfide) groups is 1. The minimum Gasteiger partial charge on any atom is -0.270 e. The summed E-state index contributed by atoms with van der Waals surface area (Å²) in [6.45, 7) is 2.12. The van der Waals surface area contributed by atoms with Crippen molar-refractivity contribution in [3.05, 3.63) is 74.2 Å². The molecule has 2 aromatic carbocycles. The molecule has 1 aromatic heterocycles. The molecule has 0 atom stereocenters. The van der Waals surface area contributed by atoms with Crippen LogP contribution in [0.2, 0.25) is 10.0 Å². The van der Waals surface area contributed by atoms with Crippen molar-refractivity contribution < 1.29 is 0 Å². The lowest BCUT2D eigenvalue weighted by molar-refractivity contribution is 0.949. The van der Waals surface area contributed by atoms with Crippen molar-refractivity contribution in [2.45, 2.75) is 18.4 Å². The van der Waals surface area contributed by atoms with Crippen molar-refractivity contribution in [1.82, 2.24) is 14.8 Å². The first-order valence-electron chi connectivity index (χ1n) is 7.31. The number of nitrogens with one attached hydrogen (secondary N) is 1. The molecule has 1 heterocycles. The highest BCUT2D eigenvalue weighted by molar-refractivity contribution is 7.97. The summed E-state index contributed by atoms with van der Waals surface area (Å²) in [5.41, 5.74) is 3.36. The Morgan fingerprint density at radius 1 is 1.12 bits per heavy atom. The second-order valence-electron chi connectivity index (χ2n) is 5.27. The highest BCUT2D eigenvalue weighted by Crippen LogP contribution is 2.30. The Balaban J connectivity index is 1.82. The van der Waals surface area contributed by atoms with Gasteiger partial charge in [-0.05, 0) is 42.4 Å². The zero-order chi connectivity index (χ0) is 17.1. The third-order valence-electron chi connectivity index (χ3n) is 3.66. The first-order valence-corrected chi connectivity index (χ1v) is 9.62. The molecule has 0 bridgehead atoms. The molecule has 124 valence electrons. The van der Waals surface area contributed by atoms with Crippen LogP contribution in [-0.2, 0) is 11.5 Å². The van der Waals surface area contributed by atoms with Crippen LogP contribution in [0, 0.1) is 11.7 Å². The van der Waals surface area contributed by atoms with Crippen LogP contribution in [0.5, 0.6) is 0 Å². The van der Waals surface area contributed by atoms with Crippen LogP contribution in [0.4, 0.5) is 0 Å². The van der Waals surface area contributed by atoms with E-state index in [9.17, 15) is 0 Å². The molecule has 1 N–H and O–H groups in total. The molecule has 7 heteroatoms. The van der Waals surface area contributed by atoms with Gasteiger partial charge in [0.05, 0.1) is 21.5 Å². The zero-order valence-electron chi connectivity index (χ0n) is 12.9. The van der Waals surface area contributed by atoms with Gasteiger partial charge in [-0.3, -0.25) is 9.67 Å². The van der Waals surface area contributed by atoms with Crippen LogP contribution in [-0.4, -0.2) is 14.8 Å². The summed E-state index contributed by atoms with van der Waals surface area (Å²) in [5.74, 6) is 2.45. The van der Waals surface area contributed by atoms with Gasteiger partial charge in [0.15, 0.2) is 4.77 Å². The fraction of sp³-hybridized carbons (Fsp3) is 0.176. The minimum atomic E-state index is 0.474. The zero-order valence-corrected chi connectivity index (χ0v) is 16.1. The standard InChI is InChI=1S/C17H15Cl2N3S2/c1-11-5-2-3-6-12(11)9-24-10-15-20-21-17(23)22(15)14-8-4-7-13(18)16(14)19/h2-8H,9-10H2,1H3,(H,21,23). The molecule has 0 aliphatic carbocycles. The quantitative estimate of drug-likeness (QED) is 0.539. The van der Waals surface area contributed by atoms with E-state index in [1.807, 2.05) is 16.7 Å². The van der Waals surface area contributed by atoms with Crippen LogP contribution in [0.3, 0.4) is 0 Å². The topological polar surface area (TPSA) is 33.6 Å². The Morgan fingerprint density at radius 2 is 1.92 bits per heavy atom. The van der Waals surface area contributed by atoms with E-state index in [2.05, 4.69) is 41.4 Å². The van der Waals surface area contributed by atoms with E-state index in [0.29, 0.717) is 20.6 Å². The second kappa shape index (κ2) is 7.74. The molecular formula is C17H15Cl2N3S2. The summed E-state index contributed by atoms with van der Waals surface area (Å²) in [5, 5.41) is 8.15. The summed E-state index contributed by atoms with van der Waals surface area (Å²) < 4.78 is 2.35. The Hall–Kier alpha value is -1.27. The number of halogens is 2. The van der Waals surface area contributed by atoms with Crippen molar-refractivity contribution in [3.63, 3.8) is 0 Å². The predicted octanol–water partition coefficient (Wildman–Crippen LogP) is 5.98. The largest absolute Gasteiger partial charge is 0.270 e. The van der Waals surface area contributed by atoms with Crippen molar-refractivity contribution in [1.29, 1.82) is 0 Å². The smallest absolute Gasteiger partial charge is 0.199 e. The van der Waals surface area contributed by atoms with E-state index in [4.69, 9.17) is 35.4 Å². The van der Waals surface area contributed by atoms with Crippen LogP contribution in [0.25, 0.3) is 5.69 Å². The summed E-state index contributed by atoms with van der Waals surface area (Å²) in [7, 11) is 0. The molecule has 0 amide bonds. The van der Waals surface area contributed by atoms with Crippen LogP contribution >= 0.6 is 47.2 Å². The Labute approximate surface area is 160 Å². The first kappa shape index (κ1) is 17.5. The molecular weight excluding hydrogens is 381 g/mol. The van der Waals surface area contributed by atoms with Gasteiger partial charge < -0.3 is 0 Å². The van der Waals surface area contributed by atoms with Crippen LogP contribution in [0.15, 0.2) is 42.5 Å². The predicted molar refractivity (Wildman–Crippen MR) is 105 cm³/mol. The Bertz CT molecular complexity index is 918. The Kier molecular flexibility index (Phi) is 5.66. The summed E-state index contributed by atoms with van der Waals surface area (Å²) in [6.07, 6.45) is 0. The van der Waals surface area contributed by atoms with Gasteiger partial charge in [-0.25, -0.2) is 0 Å². The summed E-state index contributed by atoms with van der Waals surface area (Å²) in [6, 6.07) is 13.9. The molecule has 0 saturated heterocycles. The number of hydrogen-bond donors (Lipinski definition) is 1. The molecule has 3 rings (SSSR count). The van der Waals surface area contributed by atoms with Gasteiger partial charge in [0.25, 0.3) is 0 Å². The number of H-pyrrole nitrogens is 1. The van der Waals surface area contributed by atoms with E-state index in [-0.39, 0.29) is 0 Å². The summed E-state index contributed by atoms with van der Waals surface area (Å²) >= 11 is 19.6. The third-order valence-corrected chi connectivity index (χ3v) is 5.72. The highest BCUT2D eigenvalue weighted by Gasteiger charge is 2.13. The first-order chi connectivity index (χ1) is 11.6. The number of aromatic amines is 1. The van der Waals surface area contributed by atoms with Crippen molar-refractivity contribution in [3.8, 4) is 5.69 Å². The van der Waals surface area contributed by atoms with Gasteiger partial charge >= 0.3 is 0 Å². The molecule has 24 heavy (non-hydrogen) atoms. The highest BCUT2D eigenvalue weighted by atomic mass is 35.5. The molecule has 0 aliphatic rings. The SMILES string of the molecule is Cc1ccccc1CSCc1n[nH]c(=S)n1-c1cccc(Cl)c1Cl. The normalized spacial score (nSPS) is 11.0. The molecule has 0 unspecified atom stereocenters. The molecule has 3 aromatic rings. The van der Waals surface area contributed by atoms with Gasteiger partial charge in [-0.1, -0.05) is 53.5 Å². The number of nitrogens with zero attached hydrogens (tertiary/aromatic N) is 2. The van der Waals surface area contributed by atoms with Crippen LogP contribution in [0.1, 0.15) is 17.0 Å². The van der Waals surface area contributed by atoms with E-state index in [0.717, 1.165) is 17.3 Å². The fourth-order valence-electron chi connectivity index (χ4n) is 2.36. The minimum absolute atomic E-state index is 0.474. The molecule has 0 aliphatic heterocycles. The molecule has 0 spiro atoms. The Morgan fingerprint density at radius 3 is 2.71 bits per heavy atom.